The van der Waals surface area contributed by atoms with E-state index >= 15 is 0 Å². The van der Waals surface area contributed by atoms with Gasteiger partial charge in [0.15, 0.2) is 0 Å². The zero-order valence-corrected chi connectivity index (χ0v) is 12.4. The quantitative estimate of drug-likeness (QED) is 0.919. The predicted octanol–water partition coefficient (Wildman–Crippen LogP) is 1.75. The molecule has 2 heterocycles. The third kappa shape index (κ3) is 2.85. The molecule has 1 aromatic heterocycles. The van der Waals surface area contributed by atoms with Crippen molar-refractivity contribution in [1.82, 2.24) is 4.31 Å². The van der Waals surface area contributed by atoms with Gasteiger partial charge < -0.3 is 9.52 Å². The molecule has 2 unspecified atom stereocenters. The normalized spacial score (nSPS) is 25.7. The topological polar surface area (TPSA) is 70.8 Å². The maximum absolute atomic E-state index is 12.6. The molecule has 0 saturated carbocycles. The molecular formula is C13H21NO4S. The number of sulfonamides is 1. The minimum absolute atomic E-state index is 0.179. The molecule has 5 nitrogen and oxygen atoms in total. The van der Waals surface area contributed by atoms with Crippen LogP contribution >= 0.6 is 0 Å². The van der Waals surface area contributed by atoms with Crippen LogP contribution in [0.5, 0.6) is 0 Å². The number of hydrogen-bond acceptors (Lipinski definition) is 4. The van der Waals surface area contributed by atoms with Crippen LogP contribution in [0.1, 0.15) is 31.8 Å². The van der Waals surface area contributed by atoms with E-state index in [1.54, 1.807) is 6.92 Å². The second-order valence-electron chi connectivity index (χ2n) is 5.56. The maximum Gasteiger partial charge on any atom is 0.246 e. The molecule has 6 heteroatoms. The van der Waals surface area contributed by atoms with Crippen LogP contribution in [0.25, 0.3) is 0 Å². The van der Waals surface area contributed by atoms with E-state index in [0.29, 0.717) is 30.7 Å². The lowest BCUT2D eigenvalue weighted by molar-refractivity contribution is 0.222. The van der Waals surface area contributed by atoms with E-state index in [0.717, 1.165) is 6.42 Å². The van der Waals surface area contributed by atoms with Crippen LogP contribution in [0.15, 0.2) is 15.4 Å². The standard InChI is InChI=1S/C13H21NO4S/c1-9-4-10(2)7-14(6-9)19(16,17)13-5-12(8-15)18-11(13)3/h5,9-10,15H,4,6-8H2,1-3H3. The summed E-state index contributed by atoms with van der Waals surface area (Å²) in [5, 5.41) is 9.03. The van der Waals surface area contributed by atoms with Crippen LogP contribution in [-0.2, 0) is 16.6 Å². The summed E-state index contributed by atoms with van der Waals surface area (Å²) in [5.74, 6) is 1.36. The van der Waals surface area contributed by atoms with Gasteiger partial charge in [-0.3, -0.25) is 0 Å². The van der Waals surface area contributed by atoms with E-state index in [1.165, 1.54) is 10.4 Å². The zero-order chi connectivity index (χ0) is 14.2. The van der Waals surface area contributed by atoms with E-state index in [9.17, 15) is 8.42 Å². The van der Waals surface area contributed by atoms with Gasteiger partial charge in [-0.1, -0.05) is 13.8 Å². The van der Waals surface area contributed by atoms with Gasteiger partial charge in [0.05, 0.1) is 0 Å². The summed E-state index contributed by atoms with van der Waals surface area (Å²) in [6, 6.07) is 1.43. The molecule has 108 valence electrons. The molecule has 1 aliphatic rings. The van der Waals surface area contributed by atoms with E-state index in [2.05, 4.69) is 13.8 Å². The van der Waals surface area contributed by atoms with Gasteiger partial charge in [-0.15, -0.1) is 0 Å². The third-order valence-electron chi connectivity index (χ3n) is 3.53. The fourth-order valence-electron chi connectivity index (χ4n) is 2.80. The van der Waals surface area contributed by atoms with Gasteiger partial charge in [0.1, 0.15) is 23.0 Å². The Balaban J connectivity index is 2.33. The largest absolute Gasteiger partial charge is 0.462 e. The van der Waals surface area contributed by atoms with Gasteiger partial charge in [0.25, 0.3) is 0 Å². The second kappa shape index (κ2) is 5.26. The molecule has 2 atom stereocenters. The smallest absolute Gasteiger partial charge is 0.246 e. The number of hydrogen-bond donors (Lipinski definition) is 1. The molecule has 1 saturated heterocycles. The monoisotopic (exact) mass is 287 g/mol. The van der Waals surface area contributed by atoms with Crippen LogP contribution in [0.2, 0.25) is 0 Å². The van der Waals surface area contributed by atoms with Gasteiger partial charge in [0, 0.05) is 19.2 Å². The van der Waals surface area contributed by atoms with E-state index < -0.39 is 10.0 Å². The number of furan rings is 1. The highest BCUT2D eigenvalue weighted by atomic mass is 32.2. The summed E-state index contributed by atoms with van der Waals surface area (Å²) >= 11 is 0. The van der Waals surface area contributed by atoms with Crippen molar-refractivity contribution in [3.8, 4) is 0 Å². The summed E-state index contributed by atoms with van der Waals surface area (Å²) in [6.45, 7) is 6.56. The highest BCUT2D eigenvalue weighted by molar-refractivity contribution is 7.89. The Morgan fingerprint density at radius 3 is 2.42 bits per heavy atom. The van der Waals surface area contributed by atoms with Gasteiger partial charge in [-0.05, 0) is 25.2 Å². The average Bonchev–Trinajstić information content (AvgIpc) is 2.70. The van der Waals surface area contributed by atoms with Gasteiger partial charge in [0.2, 0.25) is 10.0 Å². The molecular weight excluding hydrogens is 266 g/mol. The number of nitrogens with zero attached hydrogens (tertiary/aromatic N) is 1. The Labute approximate surface area is 114 Å². The van der Waals surface area contributed by atoms with Crippen LogP contribution in [0, 0.1) is 18.8 Å². The molecule has 0 amide bonds. The summed E-state index contributed by atoms with van der Waals surface area (Å²) in [5.41, 5.74) is 0. The summed E-state index contributed by atoms with van der Waals surface area (Å²) in [7, 11) is -3.52. The van der Waals surface area contributed by atoms with Gasteiger partial charge in [-0.2, -0.15) is 4.31 Å². The zero-order valence-electron chi connectivity index (χ0n) is 11.6. The minimum Gasteiger partial charge on any atom is -0.462 e. The van der Waals surface area contributed by atoms with Crippen molar-refractivity contribution in [2.75, 3.05) is 13.1 Å². The molecule has 2 rings (SSSR count). The van der Waals surface area contributed by atoms with Gasteiger partial charge >= 0.3 is 0 Å². The lowest BCUT2D eigenvalue weighted by Gasteiger charge is -2.33. The average molecular weight is 287 g/mol. The molecule has 0 spiro atoms. The first-order chi connectivity index (χ1) is 8.84. The van der Waals surface area contributed by atoms with Crippen LogP contribution < -0.4 is 0 Å². The highest BCUT2D eigenvalue weighted by Gasteiger charge is 2.33. The first-order valence-electron chi connectivity index (χ1n) is 6.55. The molecule has 19 heavy (non-hydrogen) atoms. The molecule has 0 aliphatic carbocycles. The molecule has 1 fully saturated rings. The Kier molecular flexibility index (Phi) is 4.03. The Hall–Kier alpha value is -0.850. The fraction of sp³-hybridized carbons (Fsp3) is 0.692. The molecule has 1 aromatic rings. The van der Waals surface area contributed by atoms with Gasteiger partial charge in [-0.25, -0.2) is 8.42 Å². The van der Waals surface area contributed by atoms with Crippen LogP contribution in [-0.4, -0.2) is 30.9 Å². The fourth-order valence-corrected chi connectivity index (χ4v) is 4.66. The first kappa shape index (κ1) is 14.6. The summed E-state index contributed by atoms with van der Waals surface area (Å²) in [4.78, 5) is 0.179. The van der Waals surface area contributed by atoms with Crippen molar-refractivity contribution in [2.45, 2.75) is 38.7 Å². The predicted molar refractivity (Wildman–Crippen MR) is 71.1 cm³/mol. The first-order valence-corrected chi connectivity index (χ1v) is 7.99. The SMILES string of the molecule is Cc1oc(CO)cc1S(=O)(=O)N1CC(C)CC(C)C1. The second-order valence-corrected chi connectivity index (χ2v) is 7.47. The van der Waals surface area contributed by atoms with Crippen molar-refractivity contribution < 1.29 is 17.9 Å². The summed E-state index contributed by atoms with van der Waals surface area (Å²) in [6.07, 6.45) is 1.05. The van der Waals surface area contributed by atoms with Crippen molar-refractivity contribution in [3.05, 3.63) is 17.6 Å². The maximum atomic E-state index is 12.6. The van der Waals surface area contributed by atoms with Crippen molar-refractivity contribution in [2.24, 2.45) is 11.8 Å². The van der Waals surface area contributed by atoms with E-state index in [1.807, 2.05) is 0 Å². The molecule has 1 aliphatic heterocycles. The third-order valence-corrected chi connectivity index (χ3v) is 5.47. The number of rotatable bonds is 3. The van der Waals surface area contributed by atoms with Crippen molar-refractivity contribution in [3.63, 3.8) is 0 Å². The molecule has 0 radical (unpaired) electrons. The highest BCUT2D eigenvalue weighted by Crippen LogP contribution is 2.29. The number of piperidine rings is 1. The number of aryl methyl sites for hydroxylation is 1. The Morgan fingerprint density at radius 2 is 1.95 bits per heavy atom. The minimum atomic E-state index is -3.52. The van der Waals surface area contributed by atoms with E-state index in [4.69, 9.17) is 9.52 Å². The number of aliphatic hydroxyl groups excluding tert-OH is 1. The molecule has 0 bridgehead atoms. The Bertz CT molecular complexity index is 539. The summed E-state index contributed by atoms with van der Waals surface area (Å²) < 4.78 is 32.0. The lowest BCUT2D eigenvalue weighted by Crippen LogP contribution is -2.42. The number of aliphatic hydroxyl groups is 1. The van der Waals surface area contributed by atoms with Crippen LogP contribution in [0.3, 0.4) is 0 Å². The lowest BCUT2D eigenvalue weighted by atomic mass is 9.94. The van der Waals surface area contributed by atoms with Crippen LogP contribution in [0.4, 0.5) is 0 Å². The van der Waals surface area contributed by atoms with E-state index in [-0.39, 0.29) is 17.3 Å². The van der Waals surface area contributed by atoms with Crippen molar-refractivity contribution in [1.29, 1.82) is 0 Å². The van der Waals surface area contributed by atoms with Crippen molar-refractivity contribution >= 4 is 10.0 Å². The Morgan fingerprint density at radius 1 is 1.37 bits per heavy atom. The molecule has 0 aromatic carbocycles. The molecule has 1 N–H and O–H groups in total.